The predicted molar refractivity (Wildman–Crippen MR) is 220 cm³/mol. The third-order valence-corrected chi connectivity index (χ3v) is 10.4. The number of aliphatic hydroxyl groups is 1. The van der Waals surface area contributed by atoms with Gasteiger partial charge in [0.05, 0.1) is 44.6 Å². The molecule has 2 N–H and O–H groups in total. The molecule has 5 amide bonds. The fourth-order valence-corrected chi connectivity index (χ4v) is 7.31. The Morgan fingerprint density at radius 2 is 1.68 bits per heavy atom. The topological polar surface area (TPSA) is 173 Å². The van der Waals surface area contributed by atoms with Crippen LogP contribution in [0.1, 0.15) is 65.4 Å². The Balaban J connectivity index is 1.43. The third-order valence-electron chi connectivity index (χ3n) is 10.4. The van der Waals surface area contributed by atoms with E-state index in [1.807, 2.05) is 30.3 Å². The molecule has 2 aliphatic rings. The second kappa shape index (κ2) is 20.4. The maximum absolute atomic E-state index is 16.0. The van der Waals surface area contributed by atoms with Crippen molar-refractivity contribution in [1.29, 1.82) is 0 Å². The van der Waals surface area contributed by atoms with E-state index in [1.165, 1.54) is 35.1 Å². The maximum atomic E-state index is 16.0. The van der Waals surface area contributed by atoms with E-state index >= 15 is 8.78 Å². The Morgan fingerprint density at radius 1 is 0.984 bits per heavy atom. The minimum atomic E-state index is -1.59. The van der Waals surface area contributed by atoms with Crippen LogP contribution in [0.15, 0.2) is 66.9 Å². The van der Waals surface area contributed by atoms with Crippen molar-refractivity contribution in [2.45, 2.75) is 78.4 Å². The number of halogens is 3. The van der Waals surface area contributed by atoms with Gasteiger partial charge in [0.1, 0.15) is 35.3 Å². The molecule has 336 valence electrons. The lowest BCUT2D eigenvalue weighted by Gasteiger charge is -2.43. The number of benzene rings is 2. The smallest absolute Gasteiger partial charge is 0.410 e. The average molecular weight is 869 g/mol. The predicted octanol–water partition coefficient (Wildman–Crippen LogP) is 5.42. The molecule has 0 aliphatic carbocycles. The number of alkyl halides is 1. The van der Waals surface area contributed by atoms with Crippen LogP contribution < -0.4 is 5.32 Å². The van der Waals surface area contributed by atoms with E-state index in [4.69, 9.17) is 19.2 Å². The van der Waals surface area contributed by atoms with Gasteiger partial charge in [0.25, 0.3) is 17.7 Å². The minimum Gasteiger partial charge on any atom is -0.450 e. The SMILES string of the molecule is C[C@H](O)C(=O)N(C[C@@H]1CN(C(=O)OC(C)(C)C)C[C@@H]1F)[C@@H](c1nc(-c2cc(F)ccc2F)cn1Cc1ccccc1)C(C)(C)CCOC(=O)NCCOCCN1C(=O)C=CC1=O. The highest BCUT2D eigenvalue weighted by Crippen LogP contribution is 2.43. The first-order valence-electron chi connectivity index (χ1n) is 20.4. The van der Waals surface area contributed by atoms with Crippen molar-refractivity contribution in [2.24, 2.45) is 11.3 Å². The second-order valence-electron chi connectivity index (χ2n) is 17.0. The van der Waals surface area contributed by atoms with Crippen LogP contribution in [-0.2, 0) is 35.1 Å². The van der Waals surface area contributed by atoms with Gasteiger partial charge >= 0.3 is 12.2 Å². The van der Waals surface area contributed by atoms with E-state index < -0.39 is 76.8 Å². The zero-order chi connectivity index (χ0) is 45.4. The molecule has 5 rings (SSSR count). The third kappa shape index (κ3) is 12.4. The molecule has 0 radical (unpaired) electrons. The summed E-state index contributed by atoms with van der Waals surface area (Å²) in [4.78, 5) is 72.0. The summed E-state index contributed by atoms with van der Waals surface area (Å²) in [7, 11) is 0. The van der Waals surface area contributed by atoms with E-state index in [9.17, 15) is 33.5 Å². The van der Waals surface area contributed by atoms with Crippen LogP contribution in [0.25, 0.3) is 11.3 Å². The summed E-state index contributed by atoms with van der Waals surface area (Å²) in [6.07, 6.45) is -0.710. The first-order valence-corrected chi connectivity index (χ1v) is 20.4. The molecule has 0 unspecified atom stereocenters. The summed E-state index contributed by atoms with van der Waals surface area (Å²) >= 11 is 0. The second-order valence-corrected chi connectivity index (χ2v) is 17.0. The fourth-order valence-electron chi connectivity index (χ4n) is 7.31. The molecule has 1 saturated heterocycles. The average Bonchev–Trinajstić information content (AvgIpc) is 3.88. The fraction of sp³-hybridized carbons (Fsp3) is 0.500. The zero-order valence-corrected chi connectivity index (χ0v) is 35.8. The molecule has 0 spiro atoms. The molecular formula is C44H55F3N6O9. The number of nitrogens with one attached hydrogen (secondary N) is 1. The van der Waals surface area contributed by atoms with Crippen molar-refractivity contribution < 1.29 is 56.5 Å². The lowest BCUT2D eigenvalue weighted by molar-refractivity contribution is -0.146. The highest BCUT2D eigenvalue weighted by atomic mass is 19.1. The van der Waals surface area contributed by atoms with Crippen LogP contribution in [0, 0.1) is 23.0 Å². The number of alkyl carbamates (subject to hydrolysis) is 1. The molecule has 0 bridgehead atoms. The van der Waals surface area contributed by atoms with Crippen molar-refractivity contribution in [1.82, 2.24) is 29.6 Å². The van der Waals surface area contributed by atoms with Crippen LogP contribution in [0.5, 0.6) is 0 Å². The van der Waals surface area contributed by atoms with Gasteiger partial charge in [0, 0.05) is 56.0 Å². The van der Waals surface area contributed by atoms with Crippen LogP contribution in [0.2, 0.25) is 0 Å². The number of aromatic nitrogens is 2. The first kappa shape index (κ1) is 47.3. The summed E-state index contributed by atoms with van der Waals surface area (Å²) < 4.78 is 64.1. The van der Waals surface area contributed by atoms with Crippen LogP contribution in [0.3, 0.4) is 0 Å². The number of imide groups is 1. The number of aliphatic hydroxyl groups excluding tert-OH is 1. The molecule has 1 aromatic heterocycles. The quantitative estimate of drug-likeness (QED) is 0.124. The van der Waals surface area contributed by atoms with Gasteiger partial charge in [0.15, 0.2) is 0 Å². The number of rotatable bonds is 18. The van der Waals surface area contributed by atoms with Gasteiger partial charge in [0.2, 0.25) is 0 Å². The maximum Gasteiger partial charge on any atom is 0.410 e. The molecule has 4 atom stereocenters. The van der Waals surface area contributed by atoms with Gasteiger partial charge in [-0.1, -0.05) is 44.2 Å². The Kier molecular flexibility index (Phi) is 15.6. The van der Waals surface area contributed by atoms with Crippen molar-refractivity contribution in [3.63, 3.8) is 0 Å². The van der Waals surface area contributed by atoms with E-state index in [0.29, 0.717) is 0 Å². The Morgan fingerprint density at radius 3 is 2.34 bits per heavy atom. The van der Waals surface area contributed by atoms with Gasteiger partial charge in [-0.3, -0.25) is 19.3 Å². The highest BCUT2D eigenvalue weighted by Gasteiger charge is 2.46. The van der Waals surface area contributed by atoms with E-state index in [-0.39, 0.29) is 82.6 Å². The number of carbonyl (C=O) groups is 5. The lowest BCUT2D eigenvalue weighted by Crippen LogP contribution is -2.50. The van der Waals surface area contributed by atoms with Gasteiger partial charge in [-0.05, 0) is 63.3 Å². The Bertz CT molecular complexity index is 2090. The molecule has 62 heavy (non-hydrogen) atoms. The van der Waals surface area contributed by atoms with E-state index in [0.717, 1.165) is 28.7 Å². The molecule has 18 heteroatoms. The minimum absolute atomic E-state index is 0.0457. The van der Waals surface area contributed by atoms with Crippen molar-refractivity contribution >= 4 is 29.9 Å². The van der Waals surface area contributed by atoms with Crippen LogP contribution in [-0.4, -0.2) is 130 Å². The number of hydrogen-bond donors (Lipinski definition) is 2. The number of imidazole rings is 1. The van der Waals surface area contributed by atoms with Crippen molar-refractivity contribution in [2.75, 3.05) is 52.5 Å². The van der Waals surface area contributed by atoms with Crippen LogP contribution in [0.4, 0.5) is 22.8 Å². The molecule has 15 nitrogen and oxygen atoms in total. The normalized spacial score (nSPS) is 17.6. The number of carbonyl (C=O) groups excluding carboxylic acids is 5. The summed E-state index contributed by atoms with van der Waals surface area (Å²) in [5, 5.41) is 13.4. The van der Waals surface area contributed by atoms with E-state index in [2.05, 4.69) is 5.32 Å². The molecular weight excluding hydrogens is 814 g/mol. The number of ether oxygens (including phenoxy) is 3. The van der Waals surface area contributed by atoms with Crippen molar-refractivity contribution in [3.8, 4) is 11.3 Å². The van der Waals surface area contributed by atoms with Gasteiger partial charge in [-0.15, -0.1) is 0 Å². The molecule has 0 saturated carbocycles. The lowest BCUT2D eigenvalue weighted by atomic mass is 9.79. The largest absolute Gasteiger partial charge is 0.450 e. The number of hydrogen-bond acceptors (Lipinski definition) is 10. The van der Waals surface area contributed by atoms with Gasteiger partial charge < -0.3 is 39.0 Å². The van der Waals surface area contributed by atoms with Crippen molar-refractivity contribution in [3.05, 3.63) is 89.9 Å². The van der Waals surface area contributed by atoms with Gasteiger partial charge in [-0.25, -0.2) is 27.7 Å². The Labute approximate surface area is 358 Å². The summed E-state index contributed by atoms with van der Waals surface area (Å²) in [6.45, 7) is 9.39. The zero-order valence-electron chi connectivity index (χ0n) is 35.8. The monoisotopic (exact) mass is 868 g/mol. The molecule has 2 aliphatic heterocycles. The number of nitrogens with zero attached hydrogens (tertiary/aromatic N) is 5. The summed E-state index contributed by atoms with van der Waals surface area (Å²) in [6, 6.07) is 11.0. The highest BCUT2D eigenvalue weighted by molar-refractivity contribution is 6.12. The molecule has 1 fully saturated rings. The summed E-state index contributed by atoms with van der Waals surface area (Å²) in [5.41, 5.74) is -1.24. The standard InChI is InChI=1S/C44H55F3N6O9/c1-28(54)40(57)53(25-30-24-51(26-34(30)47)42(59)62-43(2,3)4)38(44(5,6)16-19-61-41(58)48-17-20-60-21-18-52-36(55)14-15-37(52)56)39-49-35(32-22-31(45)12-13-33(32)46)27-50(39)23-29-10-8-7-9-11-29/h7-15,22,27-28,30,34,38,54H,16-21,23-26H2,1-6H3,(H,48,58)/t28-,30-,34-,38-/m0/s1. The van der Waals surface area contributed by atoms with Crippen LogP contribution >= 0.6 is 0 Å². The van der Waals surface area contributed by atoms with Gasteiger partial charge in [-0.2, -0.15) is 0 Å². The molecule has 3 heterocycles. The summed E-state index contributed by atoms with van der Waals surface area (Å²) in [5.74, 6) is -3.84. The first-order chi connectivity index (χ1) is 29.2. The molecule has 3 aromatic rings. The van der Waals surface area contributed by atoms with E-state index in [1.54, 1.807) is 39.2 Å². The Hall–Kier alpha value is -5.75. The number of amides is 5. The molecule has 2 aromatic carbocycles. The number of likely N-dealkylation sites (tertiary alicyclic amines) is 1.